The number of carbonyl (C=O) groups is 1. The van der Waals surface area contributed by atoms with Crippen LogP contribution in [0.15, 0.2) is 60.1 Å². The van der Waals surface area contributed by atoms with Gasteiger partial charge in [-0.2, -0.15) is 0 Å². The topological polar surface area (TPSA) is 36.4 Å². The standard InChI is InChI=1S/C20H18ClN3OS/c21-18-14-16(15-4-2-1-3-5-15)6-7-17(18)19(25)23-9-11-24(12-10-23)20-22-8-13-26-20/h1-8,13-14H,9-12H2. The van der Waals surface area contributed by atoms with E-state index < -0.39 is 0 Å². The van der Waals surface area contributed by atoms with E-state index in [2.05, 4.69) is 9.88 Å². The van der Waals surface area contributed by atoms with Crippen molar-refractivity contribution in [2.45, 2.75) is 0 Å². The number of piperazine rings is 1. The van der Waals surface area contributed by atoms with Crippen molar-refractivity contribution in [1.82, 2.24) is 9.88 Å². The number of hydrogen-bond donors (Lipinski definition) is 0. The molecule has 1 amide bonds. The van der Waals surface area contributed by atoms with E-state index in [1.165, 1.54) is 0 Å². The number of hydrogen-bond acceptors (Lipinski definition) is 4. The summed E-state index contributed by atoms with van der Waals surface area (Å²) in [5, 5.41) is 3.49. The Labute approximate surface area is 161 Å². The molecule has 2 aromatic carbocycles. The van der Waals surface area contributed by atoms with Gasteiger partial charge in [0.2, 0.25) is 0 Å². The lowest BCUT2D eigenvalue weighted by Crippen LogP contribution is -2.48. The summed E-state index contributed by atoms with van der Waals surface area (Å²) in [5.74, 6) is -0.00611. The van der Waals surface area contributed by atoms with Crippen molar-refractivity contribution in [2.24, 2.45) is 0 Å². The van der Waals surface area contributed by atoms with Crippen LogP contribution in [0, 0.1) is 0 Å². The van der Waals surface area contributed by atoms with Gasteiger partial charge in [-0.1, -0.05) is 48.0 Å². The van der Waals surface area contributed by atoms with Gasteiger partial charge in [0.05, 0.1) is 10.6 Å². The third-order valence-electron chi connectivity index (χ3n) is 4.56. The molecule has 6 heteroatoms. The van der Waals surface area contributed by atoms with Gasteiger partial charge in [-0.25, -0.2) is 4.98 Å². The van der Waals surface area contributed by atoms with Crippen LogP contribution in [0.3, 0.4) is 0 Å². The summed E-state index contributed by atoms with van der Waals surface area (Å²) < 4.78 is 0. The molecule has 132 valence electrons. The summed E-state index contributed by atoms with van der Waals surface area (Å²) in [6, 6.07) is 15.7. The lowest BCUT2D eigenvalue weighted by molar-refractivity contribution is 0.0747. The molecule has 1 saturated heterocycles. The summed E-state index contributed by atoms with van der Waals surface area (Å²) in [4.78, 5) is 21.3. The van der Waals surface area contributed by atoms with Crippen LogP contribution in [-0.2, 0) is 0 Å². The van der Waals surface area contributed by atoms with E-state index in [4.69, 9.17) is 11.6 Å². The third kappa shape index (κ3) is 3.45. The Morgan fingerprint density at radius 1 is 1.00 bits per heavy atom. The maximum absolute atomic E-state index is 12.9. The van der Waals surface area contributed by atoms with Crippen molar-refractivity contribution in [3.8, 4) is 11.1 Å². The lowest BCUT2D eigenvalue weighted by atomic mass is 10.0. The molecule has 0 spiro atoms. The normalized spacial score (nSPS) is 14.5. The molecule has 0 radical (unpaired) electrons. The van der Waals surface area contributed by atoms with Gasteiger partial charge < -0.3 is 9.80 Å². The highest BCUT2D eigenvalue weighted by Gasteiger charge is 2.24. The van der Waals surface area contributed by atoms with Gasteiger partial charge in [-0.3, -0.25) is 4.79 Å². The van der Waals surface area contributed by atoms with Crippen LogP contribution in [0.4, 0.5) is 5.13 Å². The Balaban J connectivity index is 1.47. The average Bonchev–Trinajstić information content (AvgIpc) is 3.23. The maximum Gasteiger partial charge on any atom is 0.255 e. The highest BCUT2D eigenvalue weighted by Crippen LogP contribution is 2.27. The molecule has 1 fully saturated rings. The van der Waals surface area contributed by atoms with Gasteiger partial charge in [0, 0.05) is 37.8 Å². The van der Waals surface area contributed by atoms with E-state index in [-0.39, 0.29) is 5.91 Å². The smallest absolute Gasteiger partial charge is 0.255 e. The van der Waals surface area contributed by atoms with Crippen molar-refractivity contribution in [3.05, 3.63) is 70.7 Å². The minimum Gasteiger partial charge on any atom is -0.345 e. The predicted octanol–water partition coefficient (Wildman–Crippen LogP) is 4.43. The van der Waals surface area contributed by atoms with Crippen molar-refractivity contribution >= 4 is 34.0 Å². The second-order valence-electron chi connectivity index (χ2n) is 6.15. The predicted molar refractivity (Wildman–Crippen MR) is 107 cm³/mol. The number of rotatable bonds is 3. The zero-order valence-corrected chi connectivity index (χ0v) is 15.7. The largest absolute Gasteiger partial charge is 0.345 e. The Kier molecular flexibility index (Phi) is 4.91. The molecule has 26 heavy (non-hydrogen) atoms. The van der Waals surface area contributed by atoms with Crippen LogP contribution in [0.1, 0.15) is 10.4 Å². The first-order valence-corrected chi connectivity index (χ1v) is 9.77. The van der Waals surface area contributed by atoms with E-state index in [1.54, 1.807) is 11.3 Å². The van der Waals surface area contributed by atoms with Crippen molar-refractivity contribution in [2.75, 3.05) is 31.1 Å². The Morgan fingerprint density at radius 2 is 1.77 bits per heavy atom. The number of anilines is 1. The molecule has 4 rings (SSSR count). The highest BCUT2D eigenvalue weighted by molar-refractivity contribution is 7.13. The van der Waals surface area contributed by atoms with Crippen LogP contribution >= 0.6 is 22.9 Å². The first kappa shape index (κ1) is 17.1. The number of aromatic nitrogens is 1. The van der Waals surface area contributed by atoms with Gasteiger partial charge in [-0.15, -0.1) is 11.3 Å². The summed E-state index contributed by atoms with van der Waals surface area (Å²) >= 11 is 8.06. The molecule has 2 heterocycles. The molecule has 0 unspecified atom stereocenters. The van der Waals surface area contributed by atoms with Gasteiger partial charge in [0.15, 0.2) is 5.13 Å². The molecule has 1 aliphatic heterocycles. The lowest BCUT2D eigenvalue weighted by Gasteiger charge is -2.34. The van der Waals surface area contributed by atoms with Gasteiger partial charge >= 0.3 is 0 Å². The van der Waals surface area contributed by atoms with E-state index in [9.17, 15) is 4.79 Å². The first-order chi connectivity index (χ1) is 12.7. The van der Waals surface area contributed by atoms with Gasteiger partial charge in [0.1, 0.15) is 0 Å². The number of thiazole rings is 1. The van der Waals surface area contributed by atoms with Crippen LogP contribution in [-0.4, -0.2) is 42.0 Å². The third-order valence-corrected chi connectivity index (χ3v) is 5.71. The molecule has 0 atom stereocenters. The van der Waals surface area contributed by atoms with Crippen molar-refractivity contribution in [3.63, 3.8) is 0 Å². The molecule has 1 aromatic heterocycles. The SMILES string of the molecule is O=C(c1ccc(-c2ccccc2)cc1Cl)N1CCN(c2nccs2)CC1. The number of amides is 1. The molecule has 0 saturated carbocycles. The van der Waals surface area contributed by atoms with Crippen molar-refractivity contribution in [1.29, 1.82) is 0 Å². The molecule has 1 aliphatic rings. The van der Waals surface area contributed by atoms with E-state index in [0.717, 1.165) is 29.3 Å². The number of halogens is 1. The maximum atomic E-state index is 12.9. The number of nitrogens with zero attached hydrogens (tertiary/aromatic N) is 3. The zero-order chi connectivity index (χ0) is 17.9. The minimum absolute atomic E-state index is 0.00611. The summed E-state index contributed by atoms with van der Waals surface area (Å²) in [6.45, 7) is 2.93. The highest BCUT2D eigenvalue weighted by atomic mass is 35.5. The molecule has 0 aliphatic carbocycles. The Hall–Kier alpha value is -2.37. The Bertz CT molecular complexity index is 891. The molecule has 0 N–H and O–H groups in total. The van der Waals surface area contributed by atoms with E-state index >= 15 is 0 Å². The first-order valence-electron chi connectivity index (χ1n) is 8.51. The van der Waals surface area contributed by atoms with E-state index in [1.807, 2.05) is 65.0 Å². The minimum atomic E-state index is -0.00611. The fraction of sp³-hybridized carbons (Fsp3) is 0.200. The monoisotopic (exact) mass is 383 g/mol. The number of carbonyl (C=O) groups excluding carboxylic acids is 1. The van der Waals surface area contributed by atoms with E-state index in [0.29, 0.717) is 23.7 Å². The quantitative estimate of drug-likeness (QED) is 0.671. The van der Waals surface area contributed by atoms with Gasteiger partial charge in [0.25, 0.3) is 5.91 Å². The molecule has 4 nitrogen and oxygen atoms in total. The van der Waals surface area contributed by atoms with Crippen LogP contribution in [0.5, 0.6) is 0 Å². The fourth-order valence-electron chi connectivity index (χ4n) is 3.14. The summed E-state index contributed by atoms with van der Waals surface area (Å²) in [5.41, 5.74) is 2.67. The average molecular weight is 384 g/mol. The summed E-state index contributed by atoms with van der Waals surface area (Å²) in [7, 11) is 0. The van der Waals surface area contributed by atoms with Gasteiger partial charge in [-0.05, 0) is 23.3 Å². The van der Waals surface area contributed by atoms with Crippen molar-refractivity contribution < 1.29 is 4.79 Å². The Morgan fingerprint density at radius 3 is 2.42 bits per heavy atom. The zero-order valence-electron chi connectivity index (χ0n) is 14.1. The second-order valence-corrected chi connectivity index (χ2v) is 7.43. The molecular formula is C20H18ClN3OS. The van der Waals surface area contributed by atoms with Crippen LogP contribution in [0.25, 0.3) is 11.1 Å². The molecule has 0 bridgehead atoms. The molecule has 3 aromatic rings. The molecular weight excluding hydrogens is 366 g/mol. The second kappa shape index (κ2) is 7.48. The summed E-state index contributed by atoms with van der Waals surface area (Å²) in [6.07, 6.45) is 1.81. The fourth-order valence-corrected chi connectivity index (χ4v) is 4.10. The van der Waals surface area contributed by atoms with Crippen LogP contribution in [0.2, 0.25) is 5.02 Å². The number of benzene rings is 2. The van der Waals surface area contributed by atoms with Crippen LogP contribution < -0.4 is 4.90 Å².